The molecule has 0 bridgehead atoms. The first-order valence-corrected chi connectivity index (χ1v) is 13.5. The Hall–Kier alpha value is -3.96. The van der Waals surface area contributed by atoms with Crippen LogP contribution in [0.1, 0.15) is 13.3 Å². The molecule has 34 heavy (non-hydrogen) atoms. The molecule has 5 rings (SSSR count). The van der Waals surface area contributed by atoms with Crippen molar-refractivity contribution in [2.45, 2.75) is 19.4 Å². The van der Waals surface area contributed by atoms with Gasteiger partial charge in [0.15, 0.2) is 0 Å². The van der Waals surface area contributed by atoms with Crippen LogP contribution in [0.3, 0.4) is 0 Å². The summed E-state index contributed by atoms with van der Waals surface area (Å²) in [5, 5.41) is 3.00. The highest BCUT2D eigenvalue weighted by atomic mass is 28.3. The third-order valence-electron chi connectivity index (χ3n) is 6.55. The van der Waals surface area contributed by atoms with E-state index in [-0.39, 0.29) is 11.9 Å². The zero-order valence-corrected chi connectivity index (χ0v) is 20.0. The first kappa shape index (κ1) is 21.9. The second-order valence-electron chi connectivity index (χ2n) is 8.39. The van der Waals surface area contributed by atoms with Gasteiger partial charge in [-0.2, -0.15) is 0 Å². The Kier molecular flexibility index (Phi) is 5.86. The molecule has 0 aromatic heterocycles. The summed E-state index contributed by atoms with van der Waals surface area (Å²) in [5.74, 6) is -0.139. The molecule has 1 aliphatic heterocycles. The minimum absolute atomic E-state index is 0.139. The molecule has 1 saturated heterocycles. The first-order valence-electron chi connectivity index (χ1n) is 11.6. The number of urea groups is 1. The van der Waals surface area contributed by atoms with Gasteiger partial charge in [0.05, 0.1) is 0 Å². The highest BCUT2D eigenvalue weighted by Gasteiger charge is 2.58. The number of carbonyl (C=O) groups excluding carboxylic acids is 2. The summed E-state index contributed by atoms with van der Waals surface area (Å²) in [4.78, 5) is 30.2. The second-order valence-corrected chi connectivity index (χ2v) is 12.0. The van der Waals surface area contributed by atoms with E-state index >= 15 is 0 Å². The molecule has 0 aliphatic carbocycles. The topological polar surface area (TPSA) is 40.6 Å². The molecule has 3 amide bonds. The highest BCUT2D eigenvalue weighted by molar-refractivity contribution is 7.12. The largest absolute Gasteiger partial charge is 0.324 e. The lowest BCUT2D eigenvalue weighted by Gasteiger charge is -2.39. The Morgan fingerprint density at radius 1 is 0.618 bits per heavy atom. The lowest BCUT2D eigenvalue weighted by atomic mass is 10.2. The van der Waals surface area contributed by atoms with Crippen LogP contribution in [-0.2, 0) is 4.79 Å². The smallest absolute Gasteiger partial charge is 0.282 e. The van der Waals surface area contributed by atoms with Gasteiger partial charge in [-0.05, 0) is 34.1 Å². The Balaban J connectivity index is 1.83. The standard InChI is InChI=1S/C29H26N2O2Si/c1-2-27-28(32)31(29(33)30(27)23-15-7-3-8-16-23)34(24-17-9-4-10-18-24,25-19-11-5-12-20-25)26-21-13-6-14-22-26/h3-22,27H,2H2,1H3. The first-order chi connectivity index (χ1) is 16.7. The van der Waals surface area contributed by atoms with Gasteiger partial charge in [-0.3, -0.25) is 14.3 Å². The van der Waals surface area contributed by atoms with Gasteiger partial charge in [0.2, 0.25) is 5.91 Å². The van der Waals surface area contributed by atoms with Gasteiger partial charge < -0.3 is 0 Å². The van der Waals surface area contributed by atoms with Crippen molar-refractivity contribution in [3.8, 4) is 0 Å². The molecule has 4 nitrogen and oxygen atoms in total. The Labute approximate surface area is 201 Å². The minimum atomic E-state index is -3.26. The third kappa shape index (κ3) is 3.37. The van der Waals surface area contributed by atoms with Crippen LogP contribution in [0.2, 0.25) is 0 Å². The van der Waals surface area contributed by atoms with Crippen LogP contribution in [0.4, 0.5) is 10.5 Å². The van der Waals surface area contributed by atoms with Crippen LogP contribution in [0.5, 0.6) is 0 Å². The molecule has 168 valence electrons. The van der Waals surface area contributed by atoms with E-state index in [1.165, 1.54) is 0 Å². The maximum absolute atomic E-state index is 14.3. The Morgan fingerprint density at radius 3 is 1.38 bits per heavy atom. The summed E-state index contributed by atoms with van der Waals surface area (Å²) >= 11 is 0. The number of rotatable bonds is 6. The van der Waals surface area contributed by atoms with E-state index in [0.717, 1.165) is 21.2 Å². The third-order valence-corrected chi connectivity index (χ3v) is 11.1. The Morgan fingerprint density at radius 2 is 1.00 bits per heavy atom. The molecule has 4 aromatic rings. The van der Waals surface area contributed by atoms with Crippen molar-refractivity contribution in [3.05, 3.63) is 121 Å². The number of anilines is 1. The predicted octanol–water partition coefficient (Wildman–Crippen LogP) is 3.90. The van der Waals surface area contributed by atoms with Gasteiger partial charge >= 0.3 is 6.03 Å². The van der Waals surface area contributed by atoms with Crippen LogP contribution in [0, 0.1) is 0 Å². The van der Waals surface area contributed by atoms with Gasteiger partial charge in [-0.25, -0.2) is 4.79 Å². The van der Waals surface area contributed by atoms with E-state index in [0.29, 0.717) is 6.42 Å². The summed E-state index contributed by atoms with van der Waals surface area (Å²) < 4.78 is 1.62. The van der Waals surface area contributed by atoms with Gasteiger partial charge in [-0.15, -0.1) is 0 Å². The molecule has 1 heterocycles. The van der Waals surface area contributed by atoms with E-state index in [4.69, 9.17) is 0 Å². The number of para-hydroxylation sites is 1. The zero-order valence-electron chi connectivity index (χ0n) is 19.0. The fourth-order valence-electron chi connectivity index (χ4n) is 5.07. The molecule has 1 fully saturated rings. The summed E-state index contributed by atoms with van der Waals surface area (Å²) in [6, 6.07) is 38.9. The van der Waals surface area contributed by atoms with E-state index in [1.54, 1.807) is 9.47 Å². The fourth-order valence-corrected chi connectivity index (χ4v) is 9.74. The molecular weight excluding hydrogens is 436 g/mol. The molecular formula is C29H26N2O2Si. The van der Waals surface area contributed by atoms with Crippen molar-refractivity contribution < 1.29 is 9.59 Å². The van der Waals surface area contributed by atoms with E-state index in [1.807, 2.05) is 91.9 Å². The van der Waals surface area contributed by atoms with Crippen molar-refractivity contribution in [2.75, 3.05) is 4.90 Å². The van der Waals surface area contributed by atoms with Crippen LogP contribution in [0.25, 0.3) is 0 Å². The summed E-state index contributed by atoms with van der Waals surface area (Å²) in [6.07, 6.45) is 0.540. The van der Waals surface area contributed by atoms with Gasteiger partial charge in [0.25, 0.3) is 8.24 Å². The number of nitrogens with zero attached hydrogens (tertiary/aromatic N) is 2. The average Bonchev–Trinajstić information content (AvgIpc) is 3.16. The monoisotopic (exact) mass is 462 g/mol. The maximum atomic E-state index is 14.3. The molecule has 0 N–H and O–H groups in total. The van der Waals surface area contributed by atoms with Crippen molar-refractivity contribution in [1.82, 2.24) is 4.57 Å². The lowest BCUT2D eigenvalue weighted by molar-refractivity contribution is -0.124. The van der Waals surface area contributed by atoms with E-state index in [9.17, 15) is 9.59 Å². The van der Waals surface area contributed by atoms with Crippen LogP contribution >= 0.6 is 0 Å². The molecule has 4 aromatic carbocycles. The zero-order chi connectivity index (χ0) is 23.5. The second kappa shape index (κ2) is 9.12. The Bertz CT molecular complexity index is 1180. The maximum Gasteiger partial charge on any atom is 0.324 e. The van der Waals surface area contributed by atoms with Crippen molar-refractivity contribution >= 4 is 41.4 Å². The molecule has 1 aliphatic rings. The summed E-state index contributed by atoms with van der Waals surface area (Å²) in [5.41, 5.74) is 0.743. The van der Waals surface area contributed by atoms with E-state index < -0.39 is 14.3 Å². The minimum Gasteiger partial charge on any atom is -0.282 e. The summed E-state index contributed by atoms with van der Waals surface area (Å²) in [6.45, 7) is 1.96. The number of imide groups is 1. The van der Waals surface area contributed by atoms with Crippen LogP contribution in [0.15, 0.2) is 121 Å². The lowest BCUT2D eigenvalue weighted by Crippen LogP contribution is -2.78. The SMILES string of the molecule is CCC1C(=O)N([Si](c2ccccc2)(c2ccccc2)c2ccccc2)C(=O)N1c1ccccc1. The average molecular weight is 463 g/mol. The summed E-state index contributed by atoms with van der Waals surface area (Å²) in [7, 11) is -3.26. The number of amides is 3. The van der Waals surface area contributed by atoms with Crippen molar-refractivity contribution in [1.29, 1.82) is 0 Å². The number of carbonyl (C=O) groups is 2. The highest BCUT2D eigenvalue weighted by Crippen LogP contribution is 2.31. The number of hydrogen-bond acceptors (Lipinski definition) is 2. The molecule has 5 heteroatoms. The predicted molar refractivity (Wildman–Crippen MR) is 139 cm³/mol. The normalized spacial score (nSPS) is 16.2. The molecule has 0 spiro atoms. The van der Waals surface area contributed by atoms with Crippen LogP contribution < -0.4 is 20.5 Å². The number of hydrogen-bond donors (Lipinski definition) is 0. The van der Waals surface area contributed by atoms with Gasteiger partial charge in [0, 0.05) is 5.69 Å². The molecule has 1 atom stereocenters. The van der Waals surface area contributed by atoms with E-state index in [2.05, 4.69) is 36.4 Å². The van der Waals surface area contributed by atoms with Crippen molar-refractivity contribution in [2.24, 2.45) is 0 Å². The quantitative estimate of drug-likeness (QED) is 0.248. The molecule has 0 radical (unpaired) electrons. The van der Waals surface area contributed by atoms with Crippen LogP contribution in [-0.4, -0.2) is 30.8 Å². The molecule has 0 saturated carbocycles. The fraction of sp³-hybridized carbons (Fsp3) is 0.103. The van der Waals surface area contributed by atoms with Gasteiger partial charge in [-0.1, -0.05) is 116 Å². The number of benzene rings is 4. The van der Waals surface area contributed by atoms with Crippen molar-refractivity contribution in [3.63, 3.8) is 0 Å². The molecule has 1 unspecified atom stereocenters. The van der Waals surface area contributed by atoms with Gasteiger partial charge in [0.1, 0.15) is 6.04 Å².